The third kappa shape index (κ3) is 15.5. The van der Waals surface area contributed by atoms with Crippen LogP contribution in [0.5, 0.6) is 0 Å². The molecule has 1 rings (SSSR count). The molecule has 0 fully saturated rings. The van der Waals surface area contributed by atoms with Crippen molar-refractivity contribution in [1.29, 1.82) is 0 Å². The molecule has 0 saturated heterocycles. The molecule has 9 heteroatoms. The van der Waals surface area contributed by atoms with Crippen LogP contribution in [0, 0.1) is 5.82 Å². The van der Waals surface area contributed by atoms with Crippen LogP contribution in [0.3, 0.4) is 0 Å². The van der Waals surface area contributed by atoms with Crippen molar-refractivity contribution in [3.8, 4) is 0 Å². The second-order valence-electron chi connectivity index (χ2n) is 2.63. The Kier molecular flexibility index (Phi) is 10.5. The number of rotatable bonds is 3. The monoisotopic (exact) mass is 445 g/mol. The van der Waals surface area contributed by atoms with E-state index in [1.54, 1.807) is 12.1 Å². The van der Waals surface area contributed by atoms with Crippen molar-refractivity contribution in [3.63, 3.8) is 0 Å². The molecular formula is C8H11FN2O4PtS. The molecule has 0 aliphatic heterocycles. The molecule has 3 N–H and O–H groups in total. The quantitative estimate of drug-likeness (QED) is 0.494. The maximum atomic E-state index is 12.4. The second-order valence-corrected chi connectivity index (χ2v) is 3.45. The van der Waals surface area contributed by atoms with E-state index in [0.717, 1.165) is 5.69 Å². The summed E-state index contributed by atoms with van der Waals surface area (Å²) in [5, 5.41) is 3.03. The van der Waals surface area contributed by atoms with Crippen molar-refractivity contribution in [3.05, 3.63) is 30.1 Å². The van der Waals surface area contributed by atoms with Gasteiger partial charge in [0, 0.05) is 29.2 Å². The van der Waals surface area contributed by atoms with Gasteiger partial charge in [0.1, 0.15) is 5.82 Å². The summed E-state index contributed by atoms with van der Waals surface area (Å²) in [6, 6.07) is 6.20. The van der Waals surface area contributed by atoms with Crippen LogP contribution in [-0.2, 0) is 31.5 Å². The van der Waals surface area contributed by atoms with E-state index in [1.165, 1.54) is 12.1 Å². The maximum absolute atomic E-state index is 12.4. The number of nitrogens with one attached hydrogen (secondary N) is 1. The minimum atomic E-state index is -5.17. The number of anilines is 1. The summed E-state index contributed by atoms with van der Waals surface area (Å²) in [7, 11) is -5.17. The largest absolute Gasteiger partial charge is 2.00 e. The summed E-state index contributed by atoms with van der Waals surface area (Å²) in [4.78, 5) is 0. The van der Waals surface area contributed by atoms with Crippen LogP contribution >= 0.6 is 0 Å². The third-order valence-corrected chi connectivity index (χ3v) is 1.32. The Morgan fingerprint density at radius 2 is 1.65 bits per heavy atom. The molecule has 0 amide bonds. The first kappa shape index (κ1) is 18.8. The van der Waals surface area contributed by atoms with Gasteiger partial charge in [0.2, 0.25) is 0 Å². The van der Waals surface area contributed by atoms with Crippen molar-refractivity contribution in [2.75, 3.05) is 18.4 Å². The fourth-order valence-corrected chi connectivity index (χ4v) is 0.784. The minimum absolute atomic E-state index is 0. The fraction of sp³-hybridized carbons (Fsp3) is 0.250. The minimum Gasteiger partial charge on any atom is -0.759 e. The van der Waals surface area contributed by atoms with Crippen LogP contribution in [0.2, 0.25) is 0 Å². The van der Waals surface area contributed by atoms with Crippen LogP contribution in [0.1, 0.15) is 0 Å². The van der Waals surface area contributed by atoms with Gasteiger partial charge in [0.05, 0.1) is 0 Å². The second kappa shape index (κ2) is 9.49. The van der Waals surface area contributed by atoms with Crippen molar-refractivity contribution >= 4 is 16.1 Å². The van der Waals surface area contributed by atoms with Gasteiger partial charge in [-0.25, -0.2) is 4.39 Å². The van der Waals surface area contributed by atoms with Crippen LogP contribution < -0.4 is 11.1 Å². The topological polar surface area (TPSA) is 118 Å². The van der Waals surface area contributed by atoms with Crippen molar-refractivity contribution < 1.29 is 43.0 Å². The third-order valence-electron chi connectivity index (χ3n) is 1.32. The molecule has 0 aromatic heterocycles. The molecule has 0 aliphatic carbocycles. The van der Waals surface area contributed by atoms with Crippen LogP contribution in [0.15, 0.2) is 24.3 Å². The predicted molar refractivity (Wildman–Crippen MR) is 54.4 cm³/mol. The zero-order valence-electron chi connectivity index (χ0n) is 8.54. The van der Waals surface area contributed by atoms with Gasteiger partial charge in [-0.2, -0.15) is 0 Å². The van der Waals surface area contributed by atoms with Crippen LogP contribution in [0.25, 0.3) is 0 Å². The van der Waals surface area contributed by atoms with E-state index >= 15 is 0 Å². The first-order valence-corrected chi connectivity index (χ1v) is 5.52. The summed E-state index contributed by atoms with van der Waals surface area (Å²) in [5.41, 5.74) is 6.17. The van der Waals surface area contributed by atoms with E-state index < -0.39 is 10.4 Å². The van der Waals surface area contributed by atoms with Crippen molar-refractivity contribution in [2.45, 2.75) is 0 Å². The number of hydrogen-bond acceptors (Lipinski definition) is 6. The molecule has 1 aromatic rings. The maximum Gasteiger partial charge on any atom is 2.00 e. The molecule has 0 bridgehead atoms. The molecule has 0 atom stereocenters. The van der Waals surface area contributed by atoms with E-state index in [4.69, 9.17) is 23.3 Å². The number of nitrogens with two attached hydrogens (primary N) is 1. The zero-order chi connectivity index (χ0) is 12.6. The molecule has 0 heterocycles. The molecule has 1 aromatic carbocycles. The average Bonchev–Trinajstić information content (AvgIpc) is 2.14. The Hall–Kier alpha value is -0.532. The van der Waals surface area contributed by atoms with Gasteiger partial charge in [-0.1, -0.05) is 0 Å². The number of benzene rings is 1. The molecule has 0 radical (unpaired) electrons. The normalized spacial score (nSPS) is 9.65. The molecule has 6 nitrogen and oxygen atoms in total. The van der Waals surface area contributed by atoms with Crippen molar-refractivity contribution in [2.24, 2.45) is 5.73 Å². The molecule has 100 valence electrons. The summed E-state index contributed by atoms with van der Waals surface area (Å²) in [6.45, 7) is 1.29. The number of halogens is 1. The van der Waals surface area contributed by atoms with Crippen molar-refractivity contribution in [1.82, 2.24) is 0 Å². The van der Waals surface area contributed by atoms with Gasteiger partial charge in [-0.15, -0.1) is 0 Å². The van der Waals surface area contributed by atoms with Gasteiger partial charge < -0.3 is 20.2 Å². The average molecular weight is 445 g/mol. The van der Waals surface area contributed by atoms with Gasteiger partial charge in [0.25, 0.3) is 0 Å². The predicted octanol–water partition coefficient (Wildman–Crippen LogP) is -0.144. The Morgan fingerprint density at radius 3 is 2.00 bits per heavy atom. The van der Waals surface area contributed by atoms with E-state index in [0.29, 0.717) is 13.1 Å². The first-order chi connectivity index (χ1) is 7.33. The van der Waals surface area contributed by atoms with Gasteiger partial charge >= 0.3 is 21.1 Å². The SMILES string of the molecule is NCCNc1ccc(F)cc1.O=S(=O)([O-])[O-].[Pt+2]. The molecule has 0 aliphatic rings. The molecular weight excluding hydrogens is 434 g/mol. The molecule has 17 heavy (non-hydrogen) atoms. The van der Waals surface area contributed by atoms with E-state index in [-0.39, 0.29) is 26.9 Å². The van der Waals surface area contributed by atoms with Crippen LogP contribution in [0.4, 0.5) is 10.1 Å². The zero-order valence-corrected chi connectivity index (χ0v) is 11.6. The van der Waals surface area contributed by atoms with Gasteiger partial charge in [-0.05, 0) is 24.3 Å². The molecule has 0 spiro atoms. The summed E-state index contributed by atoms with van der Waals surface area (Å²) < 4.78 is 46.4. The Bertz CT molecular complexity index is 390. The summed E-state index contributed by atoms with van der Waals surface area (Å²) in [5.74, 6) is -0.219. The van der Waals surface area contributed by atoms with E-state index in [1.807, 2.05) is 0 Å². The fourth-order valence-electron chi connectivity index (χ4n) is 0.784. The summed E-state index contributed by atoms with van der Waals surface area (Å²) in [6.07, 6.45) is 0. The molecule has 0 saturated carbocycles. The first-order valence-electron chi connectivity index (χ1n) is 4.19. The standard InChI is InChI=1S/C8H11FN2.H2O4S.Pt/c9-7-1-3-8(4-2-7)11-6-5-10;1-5(2,3)4;/h1-4,11H,5-6,10H2;(H2,1,2,3,4);/q;;+2/p-2. The summed E-state index contributed by atoms with van der Waals surface area (Å²) >= 11 is 0. The van der Waals surface area contributed by atoms with Crippen LogP contribution in [-0.4, -0.2) is 30.6 Å². The Morgan fingerprint density at radius 1 is 1.24 bits per heavy atom. The Labute approximate surface area is 113 Å². The van der Waals surface area contributed by atoms with Gasteiger partial charge in [0.15, 0.2) is 0 Å². The Balaban J connectivity index is 0. The van der Waals surface area contributed by atoms with E-state index in [9.17, 15) is 4.39 Å². The molecule has 0 unspecified atom stereocenters. The van der Waals surface area contributed by atoms with E-state index in [2.05, 4.69) is 5.32 Å². The smallest absolute Gasteiger partial charge is 0.759 e. The van der Waals surface area contributed by atoms with Gasteiger partial charge in [-0.3, -0.25) is 8.42 Å². The number of hydrogen-bond donors (Lipinski definition) is 2.